The number of nitrogens with one attached hydrogen (secondary N) is 2. The summed E-state index contributed by atoms with van der Waals surface area (Å²) in [5, 5.41) is 6.93. The number of aromatic nitrogens is 1. The maximum atomic E-state index is 13.8. The molecule has 0 radical (unpaired) electrons. The lowest BCUT2D eigenvalue weighted by Crippen LogP contribution is -2.49. The van der Waals surface area contributed by atoms with E-state index in [-0.39, 0.29) is 18.9 Å². The van der Waals surface area contributed by atoms with E-state index in [2.05, 4.69) is 27.5 Å². The Morgan fingerprint density at radius 3 is 3.00 bits per heavy atom. The Balaban J connectivity index is 1.54. The van der Waals surface area contributed by atoms with Gasteiger partial charge in [0.1, 0.15) is 12.8 Å². The highest BCUT2D eigenvalue weighted by atomic mass is 19.1. The number of nitrogens with zero attached hydrogens (tertiary/aromatic N) is 2. The molecule has 4 rings (SSSR count). The van der Waals surface area contributed by atoms with Gasteiger partial charge in [-0.2, -0.15) is 0 Å². The number of imide groups is 1. The van der Waals surface area contributed by atoms with Crippen molar-refractivity contribution in [3.63, 3.8) is 0 Å². The van der Waals surface area contributed by atoms with Crippen molar-refractivity contribution in [1.82, 2.24) is 15.6 Å². The van der Waals surface area contributed by atoms with Crippen LogP contribution in [0.4, 0.5) is 14.9 Å². The average Bonchev–Trinajstić information content (AvgIpc) is 2.72. The van der Waals surface area contributed by atoms with Gasteiger partial charge in [0.2, 0.25) is 5.91 Å². The third-order valence-corrected chi connectivity index (χ3v) is 5.07. The van der Waals surface area contributed by atoms with E-state index < -0.39 is 18.3 Å². The highest BCUT2D eigenvalue weighted by Crippen LogP contribution is 2.28. The molecule has 1 aromatic heterocycles. The first-order valence-electron chi connectivity index (χ1n) is 9.57. The lowest BCUT2D eigenvalue weighted by atomic mass is 10.0. The quantitative estimate of drug-likeness (QED) is 0.773. The third-order valence-electron chi connectivity index (χ3n) is 5.07. The summed E-state index contributed by atoms with van der Waals surface area (Å²) in [6.45, 7) is 1.50. The number of hydrogen-bond acceptors (Lipinski definition) is 5. The predicted molar refractivity (Wildman–Crippen MR) is 106 cm³/mol. The number of pyridine rings is 1. The highest BCUT2D eigenvalue weighted by molar-refractivity contribution is 6.10. The molecule has 2 aliphatic rings. The minimum absolute atomic E-state index is 0.144. The lowest BCUT2D eigenvalue weighted by molar-refractivity contribution is -0.120. The highest BCUT2D eigenvalue weighted by Gasteiger charge is 2.26. The summed E-state index contributed by atoms with van der Waals surface area (Å²) in [4.78, 5) is 29.4. The summed E-state index contributed by atoms with van der Waals surface area (Å²) in [6, 6.07) is 5.15. The summed E-state index contributed by atoms with van der Waals surface area (Å²) in [5.74, 6) is 5.73. The van der Waals surface area contributed by atoms with E-state index in [1.54, 1.807) is 12.4 Å². The van der Waals surface area contributed by atoms with E-state index in [1.807, 2.05) is 18.2 Å². The summed E-state index contributed by atoms with van der Waals surface area (Å²) < 4.78 is 19.4. The zero-order valence-electron chi connectivity index (χ0n) is 15.8. The van der Waals surface area contributed by atoms with Gasteiger partial charge in [-0.3, -0.25) is 20.0 Å². The van der Waals surface area contributed by atoms with Crippen LogP contribution in [-0.4, -0.2) is 55.4 Å². The molecule has 0 aliphatic carbocycles. The standard InChI is InChI=1S/C21H21FN4O3/c22-17-12-23-8-6-19(17)29-10-2-4-14-3-1-5-15-16(14)11-24-13-18(15)26-9-7-20(27)25-21(26)28/h1,3,5,11,13,17,19,23H,6-10,12H2,(H,25,27,28)/t17-,19+/m0/s1. The van der Waals surface area contributed by atoms with Gasteiger partial charge in [0.05, 0.1) is 18.0 Å². The van der Waals surface area contributed by atoms with Crippen LogP contribution >= 0.6 is 0 Å². The zero-order chi connectivity index (χ0) is 20.2. The van der Waals surface area contributed by atoms with Gasteiger partial charge in [-0.15, -0.1) is 0 Å². The Morgan fingerprint density at radius 1 is 1.28 bits per heavy atom. The maximum absolute atomic E-state index is 13.8. The molecule has 2 N–H and O–H groups in total. The number of urea groups is 1. The van der Waals surface area contributed by atoms with Gasteiger partial charge in [0, 0.05) is 42.0 Å². The molecule has 0 saturated carbocycles. The van der Waals surface area contributed by atoms with Gasteiger partial charge in [-0.1, -0.05) is 24.0 Å². The van der Waals surface area contributed by atoms with Crippen LogP contribution in [0.25, 0.3) is 10.8 Å². The molecule has 2 saturated heterocycles. The van der Waals surface area contributed by atoms with Gasteiger partial charge < -0.3 is 10.1 Å². The predicted octanol–water partition coefficient (Wildman–Crippen LogP) is 1.75. The van der Waals surface area contributed by atoms with Crippen LogP contribution in [0, 0.1) is 11.8 Å². The second kappa shape index (κ2) is 8.55. The van der Waals surface area contributed by atoms with Crippen LogP contribution in [0.15, 0.2) is 30.6 Å². The van der Waals surface area contributed by atoms with Gasteiger partial charge in [-0.25, -0.2) is 9.18 Å². The summed E-state index contributed by atoms with van der Waals surface area (Å²) in [6.07, 6.45) is 2.73. The van der Waals surface area contributed by atoms with E-state index in [4.69, 9.17) is 4.74 Å². The summed E-state index contributed by atoms with van der Waals surface area (Å²) in [5.41, 5.74) is 1.37. The van der Waals surface area contributed by atoms with E-state index in [0.717, 1.165) is 22.9 Å². The van der Waals surface area contributed by atoms with Gasteiger partial charge in [0.15, 0.2) is 0 Å². The smallest absolute Gasteiger partial charge is 0.328 e. The van der Waals surface area contributed by atoms with Crippen molar-refractivity contribution in [2.75, 3.05) is 31.1 Å². The Kier molecular flexibility index (Phi) is 5.69. The molecule has 8 heteroatoms. The van der Waals surface area contributed by atoms with Crippen LogP contribution in [0.5, 0.6) is 0 Å². The van der Waals surface area contributed by atoms with Crippen molar-refractivity contribution in [3.05, 3.63) is 36.2 Å². The molecular formula is C21H21FN4O3. The van der Waals surface area contributed by atoms with E-state index >= 15 is 0 Å². The molecule has 0 spiro atoms. The molecule has 2 fully saturated rings. The molecule has 7 nitrogen and oxygen atoms in total. The van der Waals surface area contributed by atoms with E-state index in [0.29, 0.717) is 25.2 Å². The Bertz CT molecular complexity index is 1000. The zero-order valence-corrected chi connectivity index (χ0v) is 15.8. The van der Waals surface area contributed by atoms with Crippen LogP contribution in [0.2, 0.25) is 0 Å². The van der Waals surface area contributed by atoms with Crippen LogP contribution < -0.4 is 15.5 Å². The average molecular weight is 396 g/mol. The molecule has 1 aromatic carbocycles. The number of carbonyl (C=O) groups excluding carboxylic acids is 2. The number of hydrogen-bond donors (Lipinski definition) is 2. The molecule has 2 aliphatic heterocycles. The van der Waals surface area contributed by atoms with Gasteiger partial charge >= 0.3 is 6.03 Å². The first-order valence-corrected chi connectivity index (χ1v) is 9.57. The summed E-state index contributed by atoms with van der Waals surface area (Å²) >= 11 is 0. The fourth-order valence-electron chi connectivity index (χ4n) is 3.56. The minimum Gasteiger partial charge on any atom is -0.362 e. The van der Waals surface area contributed by atoms with Crippen molar-refractivity contribution >= 4 is 28.4 Å². The molecule has 150 valence electrons. The lowest BCUT2D eigenvalue weighted by Gasteiger charge is -2.27. The van der Waals surface area contributed by atoms with Crippen molar-refractivity contribution in [2.45, 2.75) is 25.1 Å². The largest absolute Gasteiger partial charge is 0.362 e. The van der Waals surface area contributed by atoms with E-state index in [9.17, 15) is 14.0 Å². The Labute approximate surface area is 167 Å². The molecule has 2 aromatic rings. The minimum atomic E-state index is -1.02. The van der Waals surface area contributed by atoms with Gasteiger partial charge in [-0.05, 0) is 19.0 Å². The van der Waals surface area contributed by atoms with Crippen molar-refractivity contribution in [1.29, 1.82) is 0 Å². The monoisotopic (exact) mass is 396 g/mol. The number of anilines is 1. The van der Waals surface area contributed by atoms with Crippen LogP contribution in [0.3, 0.4) is 0 Å². The molecule has 0 bridgehead atoms. The molecule has 2 atom stereocenters. The second-order valence-electron chi connectivity index (χ2n) is 6.97. The second-order valence-corrected chi connectivity index (χ2v) is 6.97. The van der Waals surface area contributed by atoms with Crippen molar-refractivity contribution in [2.24, 2.45) is 0 Å². The van der Waals surface area contributed by atoms with E-state index in [1.165, 1.54) is 4.90 Å². The van der Waals surface area contributed by atoms with Crippen molar-refractivity contribution < 1.29 is 18.7 Å². The number of benzene rings is 1. The number of fused-ring (bicyclic) bond motifs is 1. The molecule has 29 heavy (non-hydrogen) atoms. The normalized spacial score (nSPS) is 22.2. The topological polar surface area (TPSA) is 83.6 Å². The number of alkyl halides is 1. The number of halogens is 1. The molecule has 3 heterocycles. The molecular weight excluding hydrogens is 375 g/mol. The first-order chi connectivity index (χ1) is 14.1. The molecule has 0 unspecified atom stereocenters. The Hall–Kier alpha value is -3.02. The van der Waals surface area contributed by atoms with Gasteiger partial charge in [0.25, 0.3) is 0 Å². The van der Waals surface area contributed by atoms with Crippen LogP contribution in [0.1, 0.15) is 18.4 Å². The SMILES string of the molecule is O=C1CCN(c2cncc3c(C#CCO[C@@H]4CCNC[C@@H]4F)cccc23)C(=O)N1. The fourth-order valence-corrected chi connectivity index (χ4v) is 3.56. The number of carbonyl (C=O) groups is 2. The van der Waals surface area contributed by atoms with Crippen molar-refractivity contribution in [3.8, 4) is 11.8 Å². The molecule has 3 amide bonds. The number of piperidine rings is 1. The number of ether oxygens (including phenoxy) is 1. The third kappa shape index (κ3) is 4.21. The maximum Gasteiger partial charge on any atom is 0.328 e. The van der Waals surface area contributed by atoms with Crippen LogP contribution in [-0.2, 0) is 9.53 Å². The summed E-state index contributed by atoms with van der Waals surface area (Å²) in [7, 11) is 0. The first kappa shape index (κ1) is 19.3. The number of rotatable bonds is 3. The number of amides is 3. The Morgan fingerprint density at radius 2 is 2.17 bits per heavy atom. The fraction of sp³-hybridized carbons (Fsp3) is 0.381.